The third-order valence-electron chi connectivity index (χ3n) is 5.44. The van der Waals surface area contributed by atoms with Gasteiger partial charge in [-0.05, 0) is 56.0 Å². The van der Waals surface area contributed by atoms with Crippen molar-refractivity contribution in [3.8, 4) is 0 Å². The number of hydrogen-bond acceptors (Lipinski definition) is 2. The lowest BCUT2D eigenvalue weighted by Gasteiger charge is -2.10. The number of amides is 1. The number of benzene rings is 2. The number of Topliss-reactive ketones (excluding diaryl/α,β-unsaturated/α-hetero) is 1. The SMILES string of the molecule is CCCCc1ccc(NC(=O)CC(=O)c2cc(C)n(Cc3ccccc3)c2C)cc1. The van der Waals surface area contributed by atoms with Crippen LogP contribution in [0.5, 0.6) is 0 Å². The monoisotopic (exact) mass is 402 g/mol. The van der Waals surface area contributed by atoms with E-state index < -0.39 is 0 Å². The standard InChI is InChI=1S/C26H30N2O2/c1-4-5-9-21-12-14-23(15-13-21)27-26(30)17-25(29)24-16-19(2)28(20(24)3)18-22-10-7-6-8-11-22/h6-8,10-16H,4-5,9,17-18H2,1-3H3,(H,27,30). The highest BCUT2D eigenvalue weighted by atomic mass is 16.2. The number of nitrogens with zero attached hydrogens (tertiary/aromatic N) is 1. The number of rotatable bonds is 9. The molecule has 0 bridgehead atoms. The first kappa shape index (κ1) is 21.6. The second-order valence-corrected chi connectivity index (χ2v) is 7.81. The Kier molecular flexibility index (Phi) is 7.23. The normalized spacial score (nSPS) is 10.8. The fourth-order valence-electron chi connectivity index (χ4n) is 3.67. The summed E-state index contributed by atoms with van der Waals surface area (Å²) in [6.07, 6.45) is 3.20. The van der Waals surface area contributed by atoms with Crippen molar-refractivity contribution in [2.75, 3.05) is 5.32 Å². The van der Waals surface area contributed by atoms with E-state index in [9.17, 15) is 9.59 Å². The molecule has 0 spiro atoms. The van der Waals surface area contributed by atoms with Crippen LogP contribution in [0.1, 0.15) is 59.1 Å². The first-order valence-electron chi connectivity index (χ1n) is 10.6. The van der Waals surface area contributed by atoms with Gasteiger partial charge in [0.05, 0.1) is 6.42 Å². The van der Waals surface area contributed by atoms with E-state index in [1.165, 1.54) is 11.1 Å². The molecule has 1 heterocycles. The summed E-state index contributed by atoms with van der Waals surface area (Å²) in [6, 6.07) is 19.9. The zero-order chi connectivity index (χ0) is 21.5. The number of nitrogens with one attached hydrogen (secondary N) is 1. The van der Waals surface area contributed by atoms with Gasteiger partial charge in [0, 0.05) is 29.2 Å². The fourth-order valence-corrected chi connectivity index (χ4v) is 3.67. The number of aromatic nitrogens is 1. The molecule has 0 aliphatic carbocycles. The van der Waals surface area contributed by atoms with Crippen molar-refractivity contribution in [3.05, 3.63) is 88.7 Å². The molecule has 0 unspecified atom stereocenters. The van der Waals surface area contributed by atoms with Crippen LogP contribution in [0.4, 0.5) is 5.69 Å². The molecular formula is C26H30N2O2. The maximum Gasteiger partial charge on any atom is 0.232 e. The molecule has 1 N–H and O–H groups in total. The van der Waals surface area contributed by atoms with Crippen LogP contribution in [0.15, 0.2) is 60.7 Å². The third kappa shape index (κ3) is 5.47. The zero-order valence-corrected chi connectivity index (χ0v) is 18.1. The highest BCUT2D eigenvalue weighted by Crippen LogP contribution is 2.19. The van der Waals surface area contributed by atoms with Crippen LogP contribution >= 0.6 is 0 Å². The molecule has 3 rings (SSSR count). The topological polar surface area (TPSA) is 51.1 Å². The van der Waals surface area contributed by atoms with E-state index in [0.717, 1.165) is 36.3 Å². The predicted octanol–water partition coefficient (Wildman–Crippen LogP) is 5.71. The minimum atomic E-state index is -0.283. The minimum absolute atomic E-state index is 0.153. The first-order chi connectivity index (χ1) is 14.5. The number of carbonyl (C=O) groups is 2. The van der Waals surface area contributed by atoms with Gasteiger partial charge in [0.1, 0.15) is 0 Å². The van der Waals surface area contributed by atoms with Gasteiger partial charge in [0.2, 0.25) is 5.91 Å². The molecule has 0 radical (unpaired) electrons. The molecule has 0 fully saturated rings. The first-order valence-corrected chi connectivity index (χ1v) is 10.6. The second-order valence-electron chi connectivity index (χ2n) is 7.81. The van der Waals surface area contributed by atoms with Crippen molar-refractivity contribution in [1.82, 2.24) is 4.57 Å². The minimum Gasteiger partial charge on any atom is -0.344 e. The quantitative estimate of drug-likeness (QED) is 0.368. The lowest BCUT2D eigenvalue weighted by atomic mass is 10.1. The Morgan fingerprint density at radius 1 is 0.933 bits per heavy atom. The van der Waals surface area contributed by atoms with Crippen molar-refractivity contribution >= 4 is 17.4 Å². The molecule has 4 heteroatoms. The summed E-state index contributed by atoms with van der Waals surface area (Å²) in [5.41, 5.74) is 5.70. The van der Waals surface area contributed by atoms with Gasteiger partial charge < -0.3 is 9.88 Å². The molecule has 3 aromatic rings. The molecular weight excluding hydrogens is 372 g/mol. The average molecular weight is 403 g/mol. The summed E-state index contributed by atoms with van der Waals surface area (Å²) in [5, 5.41) is 2.84. The maximum absolute atomic E-state index is 12.8. The Hall–Kier alpha value is -3.14. The van der Waals surface area contributed by atoms with Crippen LogP contribution in [0, 0.1) is 13.8 Å². The van der Waals surface area contributed by atoms with Crippen molar-refractivity contribution < 1.29 is 9.59 Å². The van der Waals surface area contributed by atoms with Crippen LogP contribution in [0.2, 0.25) is 0 Å². The van der Waals surface area contributed by atoms with Crippen molar-refractivity contribution in [1.29, 1.82) is 0 Å². The number of anilines is 1. The van der Waals surface area contributed by atoms with E-state index in [-0.39, 0.29) is 18.1 Å². The predicted molar refractivity (Wildman–Crippen MR) is 122 cm³/mol. The van der Waals surface area contributed by atoms with Gasteiger partial charge in [-0.1, -0.05) is 55.8 Å². The Bertz CT molecular complexity index is 1000. The number of ketones is 1. The summed E-state index contributed by atoms with van der Waals surface area (Å²) in [5.74, 6) is -0.436. The molecule has 156 valence electrons. The highest BCUT2D eigenvalue weighted by Gasteiger charge is 2.18. The summed E-state index contributed by atoms with van der Waals surface area (Å²) in [4.78, 5) is 25.2. The molecule has 1 aromatic heterocycles. The molecule has 1 amide bonds. The zero-order valence-electron chi connectivity index (χ0n) is 18.1. The average Bonchev–Trinajstić information content (AvgIpc) is 3.02. The summed E-state index contributed by atoms with van der Waals surface area (Å²) < 4.78 is 2.12. The molecule has 0 atom stereocenters. The second kappa shape index (κ2) is 10.1. The van der Waals surface area contributed by atoms with E-state index in [4.69, 9.17) is 0 Å². The van der Waals surface area contributed by atoms with Crippen LogP contribution in [-0.2, 0) is 17.8 Å². The molecule has 4 nitrogen and oxygen atoms in total. The molecule has 0 saturated heterocycles. The van der Waals surface area contributed by atoms with Gasteiger partial charge in [-0.2, -0.15) is 0 Å². The smallest absolute Gasteiger partial charge is 0.232 e. The number of hydrogen-bond donors (Lipinski definition) is 1. The van der Waals surface area contributed by atoms with Gasteiger partial charge in [-0.15, -0.1) is 0 Å². The molecule has 0 saturated carbocycles. The molecule has 0 aliphatic heterocycles. The molecule has 0 aliphatic rings. The maximum atomic E-state index is 12.8. The summed E-state index contributed by atoms with van der Waals surface area (Å²) in [7, 11) is 0. The van der Waals surface area contributed by atoms with Gasteiger partial charge in [-0.3, -0.25) is 9.59 Å². The van der Waals surface area contributed by atoms with E-state index in [1.807, 2.05) is 62.4 Å². The Labute approximate surface area is 178 Å². The third-order valence-corrected chi connectivity index (χ3v) is 5.44. The van der Waals surface area contributed by atoms with Crippen molar-refractivity contribution in [3.63, 3.8) is 0 Å². The van der Waals surface area contributed by atoms with Gasteiger partial charge >= 0.3 is 0 Å². The van der Waals surface area contributed by atoms with E-state index in [2.05, 4.69) is 28.9 Å². The number of unbranched alkanes of at least 4 members (excludes halogenated alkanes) is 1. The number of aryl methyl sites for hydroxylation is 2. The number of carbonyl (C=O) groups excluding carboxylic acids is 2. The van der Waals surface area contributed by atoms with Crippen LogP contribution in [-0.4, -0.2) is 16.3 Å². The van der Waals surface area contributed by atoms with E-state index in [1.54, 1.807) is 0 Å². The molecule has 2 aromatic carbocycles. The Morgan fingerprint density at radius 3 is 2.30 bits per heavy atom. The molecule has 30 heavy (non-hydrogen) atoms. The summed E-state index contributed by atoms with van der Waals surface area (Å²) in [6.45, 7) is 6.82. The lowest BCUT2D eigenvalue weighted by molar-refractivity contribution is -0.115. The fraction of sp³-hybridized carbons (Fsp3) is 0.308. The summed E-state index contributed by atoms with van der Waals surface area (Å²) >= 11 is 0. The van der Waals surface area contributed by atoms with Crippen LogP contribution < -0.4 is 5.32 Å². The Morgan fingerprint density at radius 2 is 1.63 bits per heavy atom. The lowest BCUT2D eigenvalue weighted by Crippen LogP contribution is -2.17. The van der Waals surface area contributed by atoms with Gasteiger partial charge in [0.15, 0.2) is 5.78 Å². The van der Waals surface area contributed by atoms with E-state index in [0.29, 0.717) is 12.1 Å². The van der Waals surface area contributed by atoms with Gasteiger partial charge in [-0.25, -0.2) is 0 Å². The van der Waals surface area contributed by atoms with Crippen molar-refractivity contribution in [2.24, 2.45) is 0 Å². The Balaban J connectivity index is 1.63. The highest BCUT2D eigenvalue weighted by molar-refractivity contribution is 6.11. The van der Waals surface area contributed by atoms with Crippen LogP contribution in [0.25, 0.3) is 0 Å². The van der Waals surface area contributed by atoms with Gasteiger partial charge in [0.25, 0.3) is 0 Å². The van der Waals surface area contributed by atoms with Crippen LogP contribution in [0.3, 0.4) is 0 Å². The largest absolute Gasteiger partial charge is 0.344 e. The van der Waals surface area contributed by atoms with E-state index >= 15 is 0 Å². The van der Waals surface area contributed by atoms with Crippen molar-refractivity contribution in [2.45, 2.75) is 53.0 Å².